The predicted octanol–water partition coefficient (Wildman–Crippen LogP) is 5.31. The molecule has 4 rings (SSSR count). The lowest BCUT2D eigenvalue weighted by molar-refractivity contribution is -0.115. The van der Waals surface area contributed by atoms with Gasteiger partial charge in [-0.15, -0.1) is 22.7 Å². The fourth-order valence-corrected chi connectivity index (χ4v) is 4.56. The lowest BCUT2D eigenvalue weighted by atomic mass is 10.2. The molecule has 0 atom stereocenters. The van der Waals surface area contributed by atoms with Gasteiger partial charge in [-0.2, -0.15) is 0 Å². The summed E-state index contributed by atoms with van der Waals surface area (Å²) in [5.41, 5.74) is 3.52. The molecule has 0 saturated carbocycles. The van der Waals surface area contributed by atoms with Gasteiger partial charge in [-0.25, -0.2) is 9.97 Å². The molecular formula is C21H19N3O2S2. The Balaban J connectivity index is 1.41. The van der Waals surface area contributed by atoms with Crippen LogP contribution in [0.5, 0.6) is 5.75 Å². The minimum Gasteiger partial charge on any atom is -0.494 e. The summed E-state index contributed by atoms with van der Waals surface area (Å²) in [5, 5.41) is 6.79. The molecule has 0 saturated heterocycles. The van der Waals surface area contributed by atoms with Crippen molar-refractivity contribution >= 4 is 44.5 Å². The number of hydrogen-bond acceptors (Lipinski definition) is 6. The number of fused-ring (bicyclic) bond motifs is 1. The van der Waals surface area contributed by atoms with Crippen molar-refractivity contribution in [3.8, 4) is 16.3 Å². The molecule has 2 aromatic carbocycles. The average molecular weight is 410 g/mol. The van der Waals surface area contributed by atoms with Crippen molar-refractivity contribution in [3.05, 3.63) is 58.5 Å². The van der Waals surface area contributed by atoms with Crippen molar-refractivity contribution in [3.63, 3.8) is 0 Å². The molecule has 0 bridgehead atoms. The number of aromatic nitrogens is 2. The van der Waals surface area contributed by atoms with Gasteiger partial charge in [-0.1, -0.05) is 0 Å². The molecule has 0 aliphatic rings. The summed E-state index contributed by atoms with van der Waals surface area (Å²) < 4.78 is 6.54. The number of rotatable bonds is 6. The van der Waals surface area contributed by atoms with Crippen LogP contribution in [0.25, 0.3) is 20.8 Å². The van der Waals surface area contributed by atoms with Gasteiger partial charge in [-0.05, 0) is 56.3 Å². The SMILES string of the molecule is CCOc1ccc(-c2nc(CC(=O)Nc3ccc4nc(C)sc4c3)cs2)cc1. The Labute approximate surface area is 171 Å². The van der Waals surface area contributed by atoms with Crippen molar-refractivity contribution in [2.45, 2.75) is 20.3 Å². The molecule has 2 heterocycles. The van der Waals surface area contributed by atoms with E-state index in [0.717, 1.165) is 42.9 Å². The second kappa shape index (κ2) is 8.08. The Kier molecular flexibility index (Phi) is 5.36. The highest BCUT2D eigenvalue weighted by molar-refractivity contribution is 7.18. The van der Waals surface area contributed by atoms with E-state index in [4.69, 9.17) is 4.74 Å². The highest BCUT2D eigenvalue weighted by Gasteiger charge is 2.10. The maximum absolute atomic E-state index is 12.4. The van der Waals surface area contributed by atoms with Gasteiger partial charge in [0.15, 0.2) is 0 Å². The zero-order valence-electron chi connectivity index (χ0n) is 15.6. The largest absolute Gasteiger partial charge is 0.494 e. The van der Waals surface area contributed by atoms with Gasteiger partial charge in [-0.3, -0.25) is 4.79 Å². The smallest absolute Gasteiger partial charge is 0.230 e. The van der Waals surface area contributed by atoms with E-state index in [0.29, 0.717) is 6.61 Å². The zero-order chi connectivity index (χ0) is 19.5. The number of carbonyl (C=O) groups excluding carboxylic acids is 1. The van der Waals surface area contributed by atoms with Crippen molar-refractivity contribution in [1.29, 1.82) is 0 Å². The molecule has 7 heteroatoms. The summed E-state index contributed by atoms with van der Waals surface area (Å²) in [6.45, 7) is 4.58. The van der Waals surface area contributed by atoms with Crippen molar-refractivity contribution in [2.24, 2.45) is 0 Å². The van der Waals surface area contributed by atoms with Crippen LogP contribution >= 0.6 is 22.7 Å². The fourth-order valence-electron chi connectivity index (χ4n) is 2.87. The second-order valence-electron chi connectivity index (χ2n) is 6.24. The quantitative estimate of drug-likeness (QED) is 0.469. The summed E-state index contributed by atoms with van der Waals surface area (Å²) >= 11 is 3.16. The van der Waals surface area contributed by atoms with E-state index >= 15 is 0 Å². The maximum Gasteiger partial charge on any atom is 0.230 e. The predicted molar refractivity (Wildman–Crippen MR) is 115 cm³/mol. The normalized spacial score (nSPS) is 10.9. The second-order valence-corrected chi connectivity index (χ2v) is 8.33. The minimum absolute atomic E-state index is 0.0795. The summed E-state index contributed by atoms with van der Waals surface area (Å²) in [6.07, 6.45) is 0.243. The standard InChI is InChI=1S/C21H19N3O2S2/c1-3-26-17-7-4-14(5-8-17)21-24-16(12-27-21)11-20(25)23-15-6-9-18-19(10-15)28-13(2)22-18/h4-10,12H,3,11H2,1-2H3,(H,23,25). The molecule has 0 unspecified atom stereocenters. The third kappa shape index (κ3) is 4.21. The molecular weight excluding hydrogens is 390 g/mol. The third-order valence-corrected chi connectivity index (χ3v) is 5.96. The van der Waals surface area contributed by atoms with E-state index in [2.05, 4.69) is 15.3 Å². The molecule has 4 aromatic rings. The Morgan fingerprint density at radius 1 is 1.14 bits per heavy atom. The molecule has 2 aromatic heterocycles. The number of thiazole rings is 2. The van der Waals surface area contributed by atoms with Crippen LogP contribution in [0.1, 0.15) is 17.6 Å². The van der Waals surface area contributed by atoms with E-state index in [1.54, 1.807) is 11.3 Å². The highest BCUT2D eigenvalue weighted by Crippen LogP contribution is 2.27. The van der Waals surface area contributed by atoms with Gasteiger partial charge in [0, 0.05) is 16.6 Å². The molecule has 0 radical (unpaired) electrons. The molecule has 142 valence electrons. The first-order chi connectivity index (χ1) is 13.6. The number of amides is 1. The number of ether oxygens (including phenoxy) is 1. The minimum atomic E-state index is -0.0795. The van der Waals surface area contributed by atoms with Crippen molar-refractivity contribution < 1.29 is 9.53 Å². The van der Waals surface area contributed by atoms with Crippen LogP contribution in [0.3, 0.4) is 0 Å². The van der Waals surface area contributed by atoms with E-state index in [-0.39, 0.29) is 12.3 Å². The molecule has 0 aliphatic carbocycles. The molecule has 0 fully saturated rings. The van der Waals surface area contributed by atoms with Crippen molar-refractivity contribution in [2.75, 3.05) is 11.9 Å². The van der Waals surface area contributed by atoms with Crippen LogP contribution in [0.2, 0.25) is 0 Å². The Hall–Kier alpha value is -2.77. The van der Waals surface area contributed by atoms with Gasteiger partial charge in [0.1, 0.15) is 10.8 Å². The van der Waals surface area contributed by atoms with Crippen LogP contribution < -0.4 is 10.1 Å². The van der Waals surface area contributed by atoms with Crippen LogP contribution in [0.15, 0.2) is 47.8 Å². The lowest BCUT2D eigenvalue weighted by Crippen LogP contribution is -2.14. The summed E-state index contributed by atoms with van der Waals surface area (Å²) in [6, 6.07) is 13.6. The molecule has 0 spiro atoms. The van der Waals surface area contributed by atoms with Gasteiger partial charge < -0.3 is 10.1 Å². The fraction of sp³-hybridized carbons (Fsp3) is 0.190. The van der Waals surface area contributed by atoms with Gasteiger partial charge in [0.05, 0.1) is 33.9 Å². The Morgan fingerprint density at radius 3 is 2.75 bits per heavy atom. The number of benzene rings is 2. The number of anilines is 1. The van der Waals surface area contributed by atoms with Gasteiger partial charge in [0.2, 0.25) is 5.91 Å². The van der Waals surface area contributed by atoms with E-state index < -0.39 is 0 Å². The number of aryl methyl sites for hydroxylation is 1. The van der Waals surface area contributed by atoms with Gasteiger partial charge in [0.25, 0.3) is 0 Å². The van der Waals surface area contributed by atoms with Crippen molar-refractivity contribution in [1.82, 2.24) is 9.97 Å². The van der Waals surface area contributed by atoms with E-state index in [1.165, 1.54) is 11.3 Å². The highest BCUT2D eigenvalue weighted by atomic mass is 32.1. The number of nitrogens with one attached hydrogen (secondary N) is 1. The lowest BCUT2D eigenvalue weighted by Gasteiger charge is -2.04. The first-order valence-corrected chi connectivity index (χ1v) is 10.6. The summed E-state index contributed by atoms with van der Waals surface area (Å²) in [4.78, 5) is 21.4. The number of carbonyl (C=O) groups is 1. The molecule has 1 N–H and O–H groups in total. The first kappa shape index (κ1) is 18.6. The maximum atomic E-state index is 12.4. The van der Waals surface area contributed by atoms with Crippen LogP contribution in [0.4, 0.5) is 5.69 Å². The molecule has 28 heavy (non-hydrogen) atoms. The molecule has 1 amide bonds. The monoisotopic (exact) mass is 409 g/mol. The average Bonchev–Trinajstić information content (AvgIpc) is 3.28. The number of hydrogen-bond donors (Lipinski definition) is 1. The van der Waals surface area contributed by atoms with Crippen LogP contribution in [-0.4, -0.2) is 22.5 Å². The molecule has 0 aliphatic heterocycles. The molecule has 5 nitrogen and oxygen atoms in total. The van der Waals surface area contributed by atoms with Crippen LogP contribution in [-0.2, 0) is 11.2 Å². The topological polar surface area (TPSA) is 64.1 Å². The third-order valence-electron chi connectivity index (χ3n) is 4.08. The van der Waals surface area contributed by atoms with Gasteiger partial charge >= 0.3 is 0 Å². The van der Waals surface area contributed by atoms with E-state index in [9.17, 15) is 4.79 Å². The Morgan fingerprint density at radius 2 is 1.96 bits per heavy atom. The van der Waals surface area contributed by atoms with E-state index in [1.807, 2.05) is 61.7 Å². The summed E-state index contributed by atoms with van der Waals surface area (Å²) in [5.74, 6) is 0.764. The van der Waals surface area contributed by atoms with Crippen LogP contribution in [0, 0.1) is 6.92 Å². The number of nitrogens with zero attached hydrogens (tertiary/aromatic N) is 2. The first-order valence-electron chi connectivity index (χ1n) is 8.95. The summed E-state index contributed by atoms with van der Waals surface area (Å²) in [7, 11) is 0. The Bertz CT molecular complexity index is 1120. The zero-order valence-corrected chi connectivity index (χ0v) is 17.2.